The van der Waals surface area contributed by atoms with Crippen molar-refractivity contribution in [2.24, 2.45) is 0 Å². The van der Waals surface area contributed by atoms with Crippen molar-refractivity contribution in [3.05, 3.63) is 87.5 Å². The van der Waals surface area contributed by atoms with Gasteiger partial charge in [-0.1, -0.05) is 0 Å². The number of non-ortho nitro benzene ring substituents is 1. The molecule has 26 heavy (non-hydrogen) atoms. The summed E-state index contributed by atoms with van der Waals surface area (Å²) in [5, 5.41) is 20.3. The highest BCUT2D eigenvalue weighted by molar-refractivity contribution is 5.90. The van der Waals surface area contributed by atoms with Crippen molar-refractivity contribution >= 4 is 17.3 Å². The van der Waals surface area contributed by atoms with E-state index < -0.39 is 4.92 Å². The van der Waals surface area contributed by atoms with Crippen LogP contribution in [0.2, 0.25) is 0 Å². The number of pyridine rings is 1. The van der Waals surface area contributed by atoms with E-state index in [0.29, 0.717) is 11.1 Å². The molecule has 0 radical (unpaired) electrons. The first-order chi connectivity index (χ1) is 12.5. The Morgan fingerprint density at radius 1 is 1.19 bits per heavy atom. The Balaban J connectivity index is 2.03. The predicted octanol–water partition coefficient (Wildman–Crippen LogP) is 4.46. The predicted molar refractivity (Wildman–Crippen MR) is 99.6 cm³/mol. The summed E-state index contributed by atoms with van der Waals surface area (Å²) in [6.07, 6.45) is 5.28. The Morgan fingerprint density at radius 2 is 1.85 bits per heavy atom. The molecule has 1 aromatic carbocycles. The van der Waals surface area contributed by atoms with Gasteiger partial charge in [0.05, 0.1) is 16.6 Å². The number of nitrogens with zero attached hydrogens (tertiary/aromatic N) is 4. The second kappa shape index (κ2) is 7.03. The van der Waals surface area contributed by atoms with Gasteiger partial charge in [0, 0.05) is 41.6 Å². The molecule has 6 heteroatoms. The lowest BCUT2D eigenvalue weighted by molar-refractivity contribution is -0.384. The number of nitriles is 1. The van der Waals surface area contributed by atoms with E-state index in [0.717, 1.165) is 22.6 Å². The summed E-state index contributed by atoms with van der Waals surface area (Å²) < 4.78 is 2.10. The molecule has 6 nitrogen and oxygen atoms in total. The molecule has 0 amide bonds. The van der Waals surface area contributed by atoms with E-state index in [9.17, 15) is 15.4 Å². The van der Waals surface area contributed by atoms with Crippen LogP contribution in [-0.4, -0.2) is 14.5 Å². The van der Waals surface area contributed by atoms with Gasteiger partial charge in [-0.05, 0) is 61.4 Å². The minimum absolute atomic E-state index is 0.00176. The highest BCUT2D eigenvalue weighted by Gasteiger charge is 2.12. The number of benzene rings is 1. The van der Waals surface area contributed by atoms with Gasteiger partial charge in [0.15, 0.2) is 0 Å². The van der Waals surface area contributed by atoms with Gasteiger partial charge in [-0.25, -0.2) is 0 Å². The number of rotatable bonds is 4. The van der Waals surface area contributed by atoms with E-state index in [1.807, 2.05) is 32.0 Å². The molecule has 0 atom stereocenters. The largest absolute Gasteiger partial charge is 0.318 e. The van der Waals surface area contributed by atoms with Crippen LogP contribution in [0.5, 0.6) is 0 Å². The van der Waals surface area contributed by atoms with Crippen molar-refractivity contribution in [3.63, 3.8) is 0 Å². The molecule has 0 bridgehead atoms. The van der Waals surface area contributed by atoms with Gasteiger partial charge in [0.1, 0.15) is 0 Å². The Morgan fingerprint density at radius 3 is 2.42 bits per heavy atom. The summed E-state index contributed by atoms with van der Waals surface area (Å²) in [7, 11) is 0. The molecular weight excluding hydrogens is 328 g/mol. The molecule has 0 saturated carbocycles. The first-order valence-electron chi connectivity index (χ1n) is 7.97. The zero-order valence-corrected chi connectivity index (χ0v) is 14.4. The summed E-state index contributed by atoms with van der Waals surface area (Å²) in [6.45, 7) is 3.99. The van der Waals surface area contributed by atoms with E-state index in [4.69, 9.17) is 0 Å². The number of allylic oxidation sites excluding steroid dienone is 1. The van der Waals surface area contributed by atoms with Crippen LogP contribution in [0.4, 0.5) is 5.69 Å². The Hall–Kier alpha value is -3.72. The maximum atomic E-state index is 10.8. The number of aryl methyl sites for hydroxylation is 1. The first kappa shape index (κ1) is 17.1. The average molecular weight is 344 g/mol. The topological polar surface area (TPSA) is 84.7 Å². The standard InChI is InChI=1S/C20H16N4O2/c1-14-11-17(15(2)23(14)19-7-9-22-10-8-19)12-18(13-21)16-3-5-20(6-4-16)24(25)26/h3-12H,1-2H3. The molecule has 0 aliphatic carbocycles. The van der Waals surface area contributed by atoms with Gasteiger partial charge in [-0.3, -0.25) is 15.1 Å². The van der Waals surface area contributed by atoms with E-state index in [1.165, 1.54) is 12.1 Å². The van der Waals surface area contributed by atoms with Crippen LogP contribution in [0.15, 0.2) is 54.9 Å². The fourth-order valence-electron chi connectivity index (χ4n) is 2.92. The molecule has 0 saturated heterocycles. The van der Waals surface area contributed by atoms with Crippen LogP contribution in [0, 0.1) is 35.3 Å². The quantitative estimate of drug-likeness (QED) is 0.397. The first-order valence-corrected chi connectivity index (χ1v) is 7.97. The average Bonchev–Trinajstić information content (AvgIpc) is 2.93. The van der Waals surface area contributed by atoms with Gasteiger partial charge >= 0.3 is 0 Å². The molecule has 0 fully saturated rings. The fraction of sp³-hybridized carbons (Fsp3) is 0.100. The maximum absolute atomic E-state index is 10.8. The molecule has 2 heterocycles. The van der Waals surface area contributed by atoms with Gasteiger partial charge in [0.2, 0.25) is 0 Å². The molecule has 0 aliphatic heterocycles. The van der Waals surface area contributed by atoms with Gasteiger partial charge < -0.3 is 4.57 Å². The Bertz CT molecular complexity index is 1030. The summed E-state index contributed by atoms with van der Waals surface area (Å²) >= 11 is 0. The highest BCUT2D eigenvalue weighted by atomic mass is 16.6. The SMILES string of the molecule is Cc1cc(C=C(C#N)c2ccc([N+](=O)[O-])cc2)c(C)n1-c1ccncc1. The molecule has 2 aromatic heterocycles. The molecule has 0 unspecified atom stereocenters. The van der Waals surface area contributed by atoms with Crippen molar-refractivity contribution in [1.82, 2.24) is 9.55 Å². The molecular formula is C20H16N4O2. The van der Waals surface area contributed by atoms with Crippen LogP contribution in [0.25, 0.3) is 17.3 Å². The van der Waals surface area contributed by atoms with E-state index in [2.05, 4.69) is 15.6 Å². The number of hydrogen-bond donors (Lipinski definition) is 0. The minimum Gasteiger partial charge on any atom is -0.318 e. The third-order valence-electron chi connectivity index (χ3n) is 4.20. The lowest BCUT2D eigenvalue weighted by atomic mass is 10.0. The van der Waals surface area contributed by atoms with E-state index >= 15 is 0 Å². The Labute approximate surface area is 150 Å². The molecule has 3 aromatic rings. The summed E-state index contributed by atoms with van der Waals surface area (Å²) in [4.78, 5) is 14.4. The van der Waals surface area contributed by atoms with Gasteiger partial charge in [-0.15, -0.1) is 0 Å². The number of aromatic nitrogens is 2. The van der Waals surface area contributed by atoms with E-state index in [1.54, 1.807) is 30.6 Å². The maximum Gasteiger partial charge on any atom is 0.269 e. The van der Waals surface area contributed by atoms with Crippen molar-refractivity contribution < 1.29 is 4.92 Å². The normalized spacial score (nSPS) is 11.2. The molecule has 0 N–H and O–H groups in total. The number of nitro groups is 1. The third-order valence-corrected chi connectivity index (χ3v) is 4.20. The van der Waals surface area contributed by atoms with Crippen molar-refractivity contribution in [1.29, 1.82) is 5.26 Å². The third kappa shape index (κ3) is 3.23. The zero-order valence-electron chi connectivity index (χ0n) is 14.4. The van der Waals surface area contributed by atoms with Crippen LogP contribution < -0.4 is 0 Å². The van der Waals surface area contributed by atoms with Crippen molar-refractivity contribution in [2.75, 3.05) is 0 Å². The highest BCUT2D eigenvalue weighted by Crippen LogP contribution is 2.26. The summed E-state index contributed by atoms with van der Waals surface area (Å²) in [5.74, 6) is 0. The van der Waals surface area contributed by atoms with Crippen LogP contribution in [-0.2, 0) is 0 Å². The smallest absolute Gasteiger partial charge is 0.269 e. The lowest BCUT2D eigenvalue weighted by Crippen LogP contribution is -1.98. The Kier molecular flexibility index (Phi) is 4.63. The minimum atomic E-state index is -0.456. The molecule has 0 spiro atoms. The molecule has 3 rings (SSSR count). The summed E-state index contributed by atoms with van der Waals surface area (Å²) in [5.41, 5.74) is 5.07. The molecule has 0 aliphatic rings. The fourth-order valence-corrected chi connectivity index (χ4v) is 2.92. The van der Waals surface area contributed by atoms with Crippen LogP contribution in [0.1, 0.15) is 22.5 Å². The lowest BCUT2D eigenvalue weighted by Gasteiger charge is -2.09. The van der Waals surface area contributed by atoms with Crippen LogP contribution in [0.3, 0.4) is 0 Å². The molecule has 128 valence electrons. The van der Waals surface area contributed by atoms with Crippen LogP contribution >= 0.6 is 0 Å². The zero-order chi connectivity index (χ0) is 18.7. The van der Waals surface area contributed by atoms with Gasteiger partial charge in [-0.2, -0.15) is 5.26 Å². The van der Waals surface area contributed by atoms with Crippen molar-refractivity contribution in [2.45, 2.75) is 13.8 Å². The second-order valence-corrected chi connectivity index (χ2v) is 5.84. The van der Waals surface area contributed by atoms with Crippen molar-refractivity contribution in [3.8, 4) is 11.8 Å². The van der Waals surface area contributed by atoms with Gasteiger partial charge in [0.25, 0.3) is 5.69 Å². The number of nitro benzene ring substituents is 1. The second-order valence-electron chi connectivity index (χ2n) is 5.84. The summed E-state index contributed by atoms with van der Waals surface area (Å²) in [6, 6.07) is 14.0. The van der Waals surface area contributed by atoms with E-state index in [-0.39, 0.29) is 5.69 Å². The number of hydrogen-bond acceptors (Lipinski definition) is 4. The monoisotopic (exact) mass is 344 g/mol.